The first-order valence-electron chi connectivity index (χ1n) is 7.63. The van der Waals surface area contributed by atoms with Crippen LogP contribution < -0.4 is 10.6 Å². The number of hydrogen-bond acceptors (Lipinski definition) is 5. The highest BCUT2D eigenvalue weighted by Crippen LogP contribution is 2.31. The number of imidazole rings is 1. The van der Waals surface area contributed by atoms with Gasteiger partial charge in [0.25, 0.3) is 0 Å². The molecule has 0 bridgehead atoms. The molecule has 0 atom stereocenters. The number of nitriles is 2. The molecule has 6 nitrogen and oxygen atoms in total. The van der Waals surface area contributed by atoms with Crippen molar-refractivity contribution in [2.75, 3.05) is 10.6 Å². The standard InChI is InChI=1S/C19H12N6/c20-10-12(18-22-14-5-1-2-6-15(14)23-18)9-13(11-21)19-24-16-7-3-4-8-17(16)25-19/h1-9,22-23H,(H,24,25)/b13-9+. The fourth-order valence-corrected chi connectivity index (χ4v) is 2.68. The second kappa shape index (κ2) is 5.88. The topological polar surface area (TPSA) is 100 Å². The zero-order valence-electron chi connectivity index (χ0n) is 13.0. The van der Waals surface area contributed by atoms with E-state index < -0.39 is 0 Å². The molecule has 25 heavy (non-hydrogen) atoms. The van der Waals surface area contributed by atoms with Crippen LogP contribution in [0.5, 0.6) is 0 Å². The lowest BCUT2D eigenvalue weighted by molar-refractivity contribution is 1.27. The first-order valence-corrected chi connectivity index (χ1v) is 7.63. The molecule has 3 N–H and O–H groups in total. The highest BCUT2D eigenvalue weighted by atomic mass is 15.2. The third-order valence-electron chi connectivity index (χ3n) is 3.89. The summed E-state index contributed by atoms with van der Waals surface area (Å²) in [6.07, 6.45) is 1.53. The van der Waals surface area contributed by atoms with Crippen LogP contribution in [0.15, 0.2) is 66.0 Å². The summed E-state index contributed by atoms with van der Waals surface area (Å²) in [5.41, 5.74) is 4.01. The molecule has 0 amide bonds. The van der Waals surface area contributed by atoms with E-state index in [9.17, 15) is 10.5 Å². The van der Waals surface area contributed by atoms with Gasteiger partial charge >= 0.3 is 0 Å². The van der Waals surface area contributed by atoms with E-state index in [-0.39, 0.29) is 0 Å². The Morgan fingerprint density at radius 2 is 1.60 bits per heavy atom. The number of H-pyrrole nitrogens is 1. The van der Waals surface area contributed by atoms with Crippen molar-refractivity contribution in [1.29, 1.82) is 10.5 Å². The highest BCUT2D eigenvalue weighted by Gasteiger charge is 2.17. The number of allylic oxidation sites excluding steroid dienone is 3. The molecule has 6 heteroatoms. The van der Waals surface area contributed by atoms with Gasteiger partial charge in [-0.2, -0.15) is 10.5 Å². The Bertz CT molecular complexity index is 1060. The quantitative estimate of drug-likeness (QED) is 0.623. The third-order valence-corrected chi connectivity index (χ3v) is 3.89. The van der Waals surface area contributed by atoms with Gasteiger partial charge < -0.3 is 15.6 Å². The maximum atomic E-state index is 9.52. The second-order valence-corrected chi connectivity index (χ2v) is 5.47. The van der Waals surface area contributed by atoms with Crippen LogP contribution in [-0.4, -0.2) is 9.97 Å². The Kier molecular flexibility index (Phi) is 3.42. The molecule has 0 saturated heterocycles. The summed E-state index contributed by atoms with van der Waals surface area (Å²) in [6, 6.07) is 19.4. The lowest BCUT2D eigenvalue weighted by Crippen LogP contribution is -2.03. The Labute approximate surface area is 143 Å². The predicted molar refractivity (Wildman–Crippen MR) is 96.0 cm³/mol. The van der Waals surface area contributed by atoms with Gasteiger partial charge in [-0.25, -0.2) is 4.98 Å². The van der Waals surface area contributed by atoms with Crippen molar-refractivity contribution in [3.8, 4) is 12.1 Å². The molecule has 0 aliphatic carbocycles. The first-order chi connectivity index (χ1) is 12.3. The molecule has 2 heterocycles. The van der Waals surface area contributed by atoms with E-state index in [2.05, 4.69) is 32.7 Å². The van der Waals surface area contributed by atoms with Crippen LogP contribution >= 0.6 is 0 Å². The number of aromatic nitrogens is 2. The molecular weight excluding hydrogens is 312 g/mol. The van der Waals surface area contributed by atoms with Crippen molar-refractivity contribution in [3.63, 3.8) is 0 Å². The summed E-state index contributed by atoms with van der Waals surface area (Å²) >= 11 is 0. The summed E-state index contributed by atoms with van der Waals surface area (Å²) < 4.78 is 0. The van der Waals surface area contributed by atoms with Gasteiger partial charge in [0, 0.05) is 0 Å². The molecule has 118 valence electrons. The highest BCUT2D eigenvalue weighted by molar-refractivity contribution is 5.85. The van der Waals surface area contributed by atoms with Gasteiger partial charge in [0.05, 0.1) is 33.6 Å². The zero-order valence-corrected chi connectivity index (χ0v) is 13.0. The van der Waals surface area contributed by atoms with E-state index in [1.807, 2.05) is 48.5 Å². The minimum atomic E-state index is 0.291. The molecule has 4 rings (SSSR count). The average Bonchev–Trinajstić information content (AvgIpc) is 3.26. The van der Waals surface area contributed by atoms with E-state index in [0.29, 0.717) is 22.8 Å². The van der Waals surface area contributed by atoms with Gasteiger partial charge in [0.2, 0.25) is 0 Å². The number of para-hydroxylation sites is 4. The average molecular weight is 324 g/mol. The maximum Gasteiger partial charge on any atom is 0.149 e. The number of benzene rings is 2. The zero-order chi connectivity index (χ0) is 17.2. The second-order valence-electron chi connectivity index (χ2n) is 5.47. The van der Waals surface area contributed by atoms with E-state index in [4.69, 9.17) is 0 Å². The Balaban J connectivity index is 1.75. The van der Waals surface area contributed by atoms with Crippen LogP contribution in [0.2, 0.25) is 0 Å². The van der Waals surface area contributed by atoms with E-state index in [1.54, 1.807) is 0 Å². The van der Waals surface area contributed by atoms with Crippen molar-refractivity contribution in [2.24, 2.45) is 0 Å². The van der Waals surface area contributed by atoms with Crippen molar-refractivity contribution >= 4 is 28.0 Å². The van der Waals surface area contributed by atoms with Crippen LogP contribution in [-0.2, 0) is 0 Å². The number of aromatic amines is 1. The van der Waals surface area contributed by atoms with Gasteiger partial charge in [0.1, 0.15) is 23.8 Å². The van der Waals surface area contributed by atoms with Crippen molar-refractivity contribution in [1.82, 2.24) is 9.97 Å². The van der Waals surface area contributed by atoms with Gasteiger partial charge in [-0.1, -0.05) is 24.3 Å². The molecule has 2 aromatic carbocycles. The fourth-order valence-electron chi connectivity index (χ4n) is 2.68. The number of fused-ring (bicyclic) bond motifs is 2. The number of anilines is 2. The van der Waals surface area contributed by atoms with E-state index in [0.717, 1.165) is 22.4 Å². The largest absolute Gasteiger partial charge is 0.339 e. The SMILES string of the molecule is N#CC(/C=C(\C#N)c1nc2ccccc2[nH]1)=C1Nc2ccccc2N1. The Hall–Kier alpha value is -4.03. The normalized spacial score (nSPS) is 12.7. The summed E-state index contributed by atoms with van der Waals surface area (Å²) in [6.45, 7) is 0. The monoisotopic (exact) mass is 324 g/mol. The number of nitrogens with zero attached hydrogens (tertiary/aromatic N) is 3. The van der Waals surface area contributed by atoms with Gasteiger partial charge in [-0.15, -0.1) is 0 Å². The molecule has 3 aromatic rings. The Morgan fingerprint density at radius 3 is 2.24 bits per heavy atom. The van der Waals surface area contributed by atoms with E-state index in [1.165, 1.54) is 6.08 Å². The fraction of sp³-hybridized carbons (Fsp3) is 0. The molecule has 0 unspecified atom stereocenters. The van der Waals surface area contributed by atoms with Crippen LogP contribution in [0.25, 0.3) is 16.6 Å². The number of nitrogens with one attached hydrogen (secondary N) is 3. The molecular formula is C19H12N6. The molecule has 0 radical (unpaired) electrons. The number of rotatable bonds is 2. The molecule has 0 fully saturated rings. The molecule has 1 aromatic heterocycles. The summed E-state index contributed by atoms with van der Waals surface area (Å²) in [5, 5.41) is 25.3. The van der Waals surface area contributed by atoms with Crippen molar-refractivity contribution < 1.29 is 0 Å². The van der Waals surface area contributed by atoms with Gasteiger partial charge in [-0.05, 0) is 30.3 Å². The predicted octanol–water partition coefficient (Wildman–Crippen LogP) is 3.74. The molecule has 0 saturated carbocycles. The van der Waals surface area contributed by atoms with Crippen molar-refractivity contribution in [3.05, 3.63) is 71.8 Å². The van der Waals surface area contributed by atoms with Gasteiger partial charge in [0.15, 0.2) is 0 Å². The molecule has 0 spiro atoms. The number of hydrogen-bond donors (Lipinski definition) is 3. The van der Waals surface area contributed by atoms with Crippen LogP contribution in [0.3, 0.4) is 0 Å². The van der Waals surface area contributed by atoms with Crippen molar-refractivity contribution in [2.45, 2.75) is 0 Å². The van der Waals surface area contributed by atoms with Crippen LogP contribution in [0.1, 0.15) is 5.82 Å². The lowest BCUT2D eigenvalue weighted by atomic mass is 10.1. The smallest absolute Gasteiger partial charge is 0.149 e. The van der Waals surface area contributed by atoms with Crippen LogP contribution in [0, 0.1) is 22.7 Å². The first kappa shape index (κ1) is 14.6. The maximum absolute atomic E-state index is 9.52. The third kappa shape index (κ3) is 2.58. The van der Waals surface area contributed by atoms with Gasteiger partial charge in [-0.3, -0.25) is 0 Å². The molecule has 1 aliphatic rings. The minimum absolute atomic E-state index is 0.291. The van der Waals surface area contributed by atoms with Crippen LogP contribution in [0.4, 0.5) is 11.4 Å². The summed E-state index contributed by atoms with van der Waals surface area (Å²) in [4.78, 5) is 7.53. The van der Waals surface area contributed by atoms with E-state index >= 15 is 0 Å². The Morgan fingerprint density at radius 1 is 0.920 bits per heavy atom. The molecule has 1 aliphatic heterocycles. The minimum Gasteiger partial charge on any atom is -0.339 e. The summed E-state index contributed by atoms with van der Waals surface area (Å²) in [5.74, 6) is 0.986. The summed E-state index contributed by atoms with van der Waals surface area (Å²) in [7, 11) is 0. The lowest BCUT2D eigenvalue weighted by Gasteiger charge is -2.01.